The zero-order chi connectivity index (χ0) is 22.7. The van der Waals surface area contributed by atoms with E-state index in [1.807, 2.05) is 61.5 Å². The van der Waals surface area contributed by atoms with Gasteiger partial charge in [-0.1, -0.05) is 50.3 Å². The molecule has 0 aliphatic heterocycles. The van der Waals surface area contributed by atoms with E-state index in [1.165, 1.54) is 16.9 Å². The first-order valence-corrected chi connectivity index (χ1v) is 11.5. The van der Waals surface area contributed by atoms with Crippen LogP contribution in [-0.4, -0.2) is 22.5 Å². The van der Waals surface area contributed by atoms with Gasteiger partial charge in [0.2, 0.25) is 0 Å². The van der Waals surface area contributed by atoms with Crippen LogP contribution in [-0.2, 0) is 12.0 Å². The van der Waals surface area contributed by atoms with Gasteiger partial charge in [-0.25, -0.2) is 4.98 Å². The molecule has 0 unspecified atom stereocenters. The second-order valence-electron chi connectivity index (χ2n) is 8.64. The molecule has 2 heterocycles. The van der Waals surface area contributed by atoms with Gasteiger partial charge in [0.25, 0.3) is 5.91 Å². The van der Waals surface area contributed by atoms with E-state index < -0.39 is 0 Å². The number of pyridine rings is 1. The lowest BCUT2D eigenvalue weighted by Gasteiger charge is -2.22. The van der Waals surface area contributed by atoms with Gasteiger partial charge in [-0.3, -0.25) is 14.7 Å². The SMILES string of the molecule is CCOc1ccc2nc(N(Cc3cccnc3)C(=O)c3ccc(C(C)(C)C)cc3)sc2c1. The molecule has 2 aromatic carbocycles. The highest BCUT2D eigenvalue weighted by Crippen LogP contribution is 2.33. The molecular weight excluding hydrogens is 418 g/mol. The number of amides is 1. The third kappa shape index (κ3) is 4.81. The second-order valence-corrected chi connectivity index (χ2v) is 9.65. The normalized spacial score (nSPS) is 11.5. The Morgan fingerprint density at radius 2 is 1.88 bits per heavy atom. The first kappa shape index (κ1) is 22.0. The number of hydrogen-bond donors (Lipinski definition) is 0. The van der Waals surface area contributed by atoms with Crippen LogP contribution in [0.1, 0.15) is 49.2 Å². The van der Waals surface area contributed by atoms with Crippen molar-refractivity contribution in [1.82, 2.24) is 9.97 Å². The molecule has 0 bridgehead atoms. The number of aromatic nitrogens is 2. The average Bonchev–Trinajstić information content (AvgIpc) is 3.20. The van der Waals surface area contributed by atoms with Crippen molar-refractivity contribution in [2.75, 3.05) is 11.5 Å². The van der Waals surface area contributed by atoms with Crippen LogP contribution in [0.15, 0.2) is 67.0 Å². The van der Waals surface area contributed by atoms with Crippen LogP contribution in [0.3, 0.4) is 0 Å². The quantitative estimate of drug-likeness (QED) is 0.353. The highest BCUT2D eigenvalue weighted by atomic mass is 32.1. The van der Waals surface area contributed by atoms with Gasteiger partial charge in [0, 0.05) is 18.0 Å². The maximum Gasteiger partial charge on any atom is 0.260 e. The second kappa shape index (κ2) is 9.09. The summed E-state index contributed by atoms with van der Waals surface area (Å²) in [5.74, 6) is 0.719. The van der Waals surface area contributed by atoms with Crippen molar-refractivity contribution in [2.24, 2.45) is 0 Å². The summed E-state index contributed by atoms with van der Waals surface area (Å²) in [6, 6.07) is 17.5. The minimum absolute atomic E-state index is 0.0300. The molecule has 32 heavy (non-hydrogen) atoms. The summed E-state index contributed by atoms with van der Waals surface area (Å²) in [6.07, 6.45) is 3.51. The smallest absolute Gasteiger partial charge is 0.260 e. The first-order chi connectivity index (χ1) is 15.3. The summed E-state index contributed by atoms with van der Waals surface area (Å²) in [5.41, 5.74) is 3.65. The van der Waals surface area contributed by atoms with Crippen molar-refractivity contribution in [3.63, 3.8) is 0 Å². The number of nitrogens with zero attached hydrogens (tertiary/aromatic N) is 3. The average molecular weight is 446 g/mol. The minimum Gasteiger partial charge on any atom is -0.494 e. The fourth-order valence-corrected chi connectivity index (χ4v) is 4.43. The Kier molecular flexibility index (Phi) is 6.24. The lowest BCUT2D eigenvalue weighted by atomic mass is 9.86. The number of carbonyl (C=O) groups is 1. The Balaban J connectivity index is 1.71. The summed E-state index contributed by atoms with van der Waals surface area (Å²) in [4.78, 5) is 24.3. The van der Waals surface area contributed by atoms with Crippen LogP contribution in [0, 0.1) is 0 Å². The van der Waals surface area contributed by atoms with Crippen molar-refractivity contribution in [3.05, 3.63) is 83.7 Å². The molecule has 0 saturated carbocycles. The molecule has 0 atom stereocenters. The molecule has 2 aromatic heterocycles. The number of rotatable bonds is 6. The molecule has 0 aliphatic rings. The molecule has 1 amide bonds. The molecule has 0 fully saturated rings. The van der Waals surface area contributed by atoms with Gasteiger partial charge >= 0.3 is 0 Å². The maximum absolute atomic E-state index is 13.6. The molecule has 0 spiro atoms. The first-order valence-electron chi connectivity index (χ1n) is 10.7. The summed E-state index contributed by atoms with van der Waals surface area (Å²) in [5, 5.41) is 0.655. The molecule has 4 rings (SSSR count). The molecule has 0 saturated heterocycles. The highest BCUT2D eigenvalue weighted by molar-refractivity contribution is 7.22. The van der Waals surface area contributed by atoms with Crippen molar-refractivity contribution in [3.8, 4) is 5.75 Å². The third-order valence-electron chi connectivity index (χ3n) is 5.20. The van der Waals surface area contributed by atoms with Crippen molar-refractivity contribution >= 4 is 32.6 Å². The summed E-state index contributed by atoms with van der Waals surface area (Å²) in [6.45, 7) is 9.45. The Hall–Kier alpha value is -3.25. The standard InChI is InChI=1S/C26H27N3O2S/c1-5-31-21-12-13-22-23(15-21)32-25(28-22)29(17-18-7-6-14-27-16-18)24(30)19-8-10-20(11-9-19)26(2,3)4/h6-16H,5,17H2,1-4H3. The monoisotopic (exact) mass is 445 g/mol. The molecule has 0 N–H and O–H groups in total. The summed E-state index contributed by atoms with van der Waals surface area (Å²) in [7, 11) is 0. The van der Waals surface area contributed by atoms with E-state index in [9.17, 15) is 4.79 Å². The fourth-order valence-electron chi connectivity index (χ4n) is 3.43. The number of carbonyl (C=O) groups excluding carboxylic acids is 1. The van der Waals surface area contributed by atoms with Crippen LogP contribution in [0.4, 0.5) is 5.13 Å². The zero-order valence-electron chi connectivity index (χ0n) is 18.8. The van der Waals surface area contributed by atoms with Crippen LogP contribution < -0.4 is 9.64 Å². The minimum atomic E-state index is -0.0848. The van der Waals surface area contributed by atoms with Gasteiger partial charge in [-0.15, -0.1) is 0 Å². The highest BCUT2D eigenvalue weighted by Gasteiger charge is 2.23. The van der Waals surface area contributed by atoms with Gasteiger partial charge in [0.05, 0.1) is 23.4 Å². The van der Waals surface area contributed by atoms with Gasteiger partial charge in [-0.05, 0) is 59.9 Å². The van der Waals surface area contributed by atoms with Crippen molar-refractivity contribution in [1.29, 1.82) is 0 Å². The Morgan fingerprint density at radius 1 is 1.09 bits per heavy atom. The number of thiazole rings is 1. The van der Waals surface area contributed by atoms with Crippen LogP contribution in [0.2, 0.25) is 0 Å². The van der Waals surface area contributed by atoms with E-state index in [0.717, 1.165) is 21.5 Å². The summed E-state index contributed by atoms with van der Waals surface area (Å²) >= 11 is 1.49. The Morgan fingerprint density at radius 3 is 2.53 bits per heavy atom. The molecule has 0 radical (unpaired) electrons. The maximum atomic E-state index is 13.6. The number of fused-ring (bicyclic) bond motifs is 1. The third-order valence-corrected chi connectivity index (χ3v) is 6.24. The van der Waals surface area contributed by atoms with Gasteiger partial charge < -0.3 is 4.74 Å². The van der Waals surface area contributed by atoms with Gasteiger partial charge in [0.1, 0.15) is 5.75 Å². The summed E-state index contributed by atoms with van der Waals surface area (Å²) < 4.78 is 6.61. The van der Waals surface area contributed by atoms with Gasteiger partial charge in [-0.2, -0.15) is 0 Å². The Labute approximate surface area is 192 Å². The van der Waals surface area contributed by atoms with E-state index in [4.69, 9.17) is 9.72 Å². The predicted octanol–water partition coefficient (Wildman–Crippen LogP) is 6.23. The van der Waals surface area contributed by atoms with Gasteiger partial charge in [0.15, 0.2) is 5.13 Å². The van der Waals surface area contributed by atoms with E-state index in [1.54, 1.807) is 17.3 Å². The van der Waals surface area contributed by atoms with E-state index in [-0.39, 0.29) is 11.3 Å². The van der Waals surface area contributed by atoms with Crippen molar-refractivity contribution < 1.29 is 9.53 Å². The number of benzene rings is 2. The number of anilines is 1. The topological polar surface area (TPSA) is 55.3 Å². The molecule has 4 aromatic rings. The van der Waals surface area contributed by atoms with E-state index in [0.29, 0.717) is 23.8 Å². The lowest BCUT2D eigenvalue weighted by molar-refractivity contribution is 0.0985. The molecular formula is C26H27N3O2S. The number of hydrogen-bond acceptors (Lipinski definition) is 5. The van der Waals surface area contributed by atoms with Crippen LogP contribution in [0.5, 0.6) is 5.75 Å². The molecule has 5 nitrogen and oxygen atoms in total. The largest absolute Gasteiger partial charge is 0.494 e. The Bertz CT molecular complexity index is 1210. The zero-order valence-corrected chi connectivity index (χ0v) is 19.6. The van der Waals surface area contributed by atoms with Crippen LogP contribution >= 0.6 is 11.3 Å². The molecule has 164 valence electrons. The van der Waals surface area contributed by atoms with Crippen LogP contribution in [0.25, 0.3) is 10.2 Å². The van der Waals surface area contributed by atoms with E-state index >= 15 is 0 Å². The van der Waals surface area contributed by atoms with E-state index in [2.05, 4.69) is 25.8 Å². The fraction of sp³-hybridized carbons (Fsp3) is 0.269. The number of ether oxygens (including phenoxy) is 1. The molecule has 0 aliphatic carbocycles. The predicted molar refractivity (Wildman–Crippen MR) is 131 cm³/mol. The lowest BCUT2D eigenvalue weighted by Crippen LogP contribution is -2.30. The van der Waals surface area contributed by atoms with Crippen molar-refractivity contribution in [2.45, 2.75) is 39.7 Å². The molecule has 6 heteroatoms.